The maximum atomic E-state index is 13.6. The van der Waals surface area contributed by atoms with Gasteiger partial charge in [0.1, 0.15) is 5.82 Å². The SMILES string of the molecule is CCOCCCNC(C)c1cc(Br)ccc1F. The number of rotatable bonds is 7. The van der Waals surface area contributed by atoms with Crippen LogP contribution in [0.1, 0.15) is 31.9 Å². The summed E-state index contributed by atoms with van der Waals surface area (Å²) in [6, 6.07) is 5.02. The van der Waals surface area contributed by atoms with Crippen LogP contribution in [-0.4, -0.2) is 19.8 Å². The number of hydrogen-bond donors (Lipinski definition) is 1. The van der Waals surface area contributed by atoms with Gasteiger partial charge in [-0.25, -0.2) is 4.39 Å². The number of halogens is 2. The summed E-state index contributed by atoms with van der Waals surface area (Å²) < 4.78 is 19.7. The Morgan fingerprint density at radius 2 is 2.24 bits per heavy atom. The van der Waals surface area contributed by atoms with E-state index in [1.807, 2.05) is 19.9 Å². The quantitative estimate of drug-likeness (QED) is 0.776. The summed E-state index contributed by atoms with van der Waals surface area (Å²) in [6.45, 7) is 6.26. The van der Waals surface area contributed by atoms with Crippen molar-refractivity contribution in [3.63, 3.8) is 0 Å². The molecule has 0 aliphatic rings. The summed E-state index contributed by atoms with van der Waals surface area (Å²) in [7, 11) is 0. The molecular weight excluding hydrogens is 285 g/mol. The summed E-state index contributed by atoms with van der Waals surface area (Å²) in [5, 5.41) is 3.29. The van der Waals surface area contributed by atoms with E-state index >= 15 is 0 Å². The van der Waals surface area contributed by atoms with Crippen molar-refractivity contribution in [3.05, 3.63) is 34.1 Å². The van der Waals surface area contributed by atoms with E-state index in [0.29, 0.717) is 5.56 Å². The molecule has 1 N–H and O–H groups in total. The van der Waals surface area contributed by atoms with E-state index in [0.717, 1.165) is 30.7 Å². The topological polar surface area (TPSA) is 21.3 Å². The van der Waals surface area contributed by atoms with Gasteiger partial charge >= 0.3 is 0 Å². The van der Waals surface area contributed by atoms with Gasteiger partial charge in [0.15, 0.2) is 0 Å². The predicted molar refractivity (Wildman–Crippen MR) is 71.6 cm³/mol. The summed E-state index contributed by atoms with van der Waals surface area (Å²) in [6.07, 6.45) is 0.938. The molecule has 0 heterocycles. The average Bonchev–Trinajstić information content (AvgIpc) is 2.32. The smallest absolute Gasteiger partial charge is 0.128 e. The number of nitrogens with one attached hydrogen (secondary N) is 1. The number of benzene rings is 1. The Balaban J connectivity index is 2.41. The third kappa shape index (κ3) is 5.15. The molecule has 0 amide bonds. The molecule has 0 bridgehead atoms. The van der Waals surface area contributed by atoms with E-state index < -0.39 is 0 Å². The fourth-order valence-electron chi connectivity index (χ4n) is 1.59. The van der Waals surface area contributed by atoms with Crippen LogP contribution in [0.15, 0.2) is 22.7 Å². The van der Waals surface area contributed by atoms with Crippen molar-refractivity contribution in [3.8, 4) is 0 Å². The molecule has 0 aliphatic carbocycles. The van der Waals surface area contributed by atoms with Crippen LogP contribution in [0.2, 0.25) is 0 Å². The lowest BCUT2D eigenvalue weighted by Crippen LogP contribution is -2.21. The Morgan fingerprint density at radius 1 is 1.47 bits per heavy atom. The number of ether oxygens (including phenoxy) is 1. The molecule has 0 spiro atoms. The standard InChI is InChI=1S/C13H19BrFNO/c1-3-17-8-4-7-16-10(2)12-9-11(14)5-6-13(12)15/h5-6,9-10,16H,3-4,7-8H2,1-2H3. The molecule has 0 saturated heterocycles. The molecule has 96 valence electrons. The first-order valence-electron chi connectivity index (χ1n) is 5.91. The molecule has 17 heavy (non-hydrogen) atoms. The van der Waals surface area contributed by atoms with E-state index in [1.54, 1.807) is 6.07 Å². The predicted octanol–water partition coefficient (Wildman–Crippen LogP) is 3.67. The van der Waals surface area contributed by atoms with Gasteiger partial charge in [0.05, 0.1) is 0 Å². The highest BCUT2D eigenvalue weighted by atomic mass is 79.9. The van der Waals surface area contributed by atoms with Gasteiger partial charge in [-0.3, -0.25) is 0 Å². The first kappa shape index (κ1) is 14.6. The molecule has 0 aliphatic heterocycles. The molecule has 0 aromatic heterocycles. The van der Waals surface area contributed by atoms with Crippen LogP contribution < -0.4 is 5.32 Å². The van der Waals surface area contributed by atoms with Crippen molar-refractivity contribution in [2.75, 3.05) is 19.8 Å². The van der Waals surface area contributed by atoms with Gasteiger partial charge < -0.3 is 10.1 Å². The minimum atomic E-state index is -0.169. The van der Waals surface area contributed by atoms with E-state index in [-0.39, 0.29) is 11.9 Å². The van der Waals surface area contributed by atoms with Gasteiger partial charge in [-0.15, -0.1) is 0 Å². The van der Waals surface area contributed by atoms with E-state index in [2.05, 4.69) is 21.2 Å². The molecule has 1 unspecified atom stereocenters. The fourth-order valence-corrected chi connectivity index (χ4v) is 1.97. The van der Waals surface area contributed by atoms with Crippen LogP contribution in [0.25, 0.3) is 0 Å². The van der Waals surface area contributed by atoms with E-state index in [1.165, 1.54) is 6.07 Å². The molecule has 2 nitrogen and oxygen atoms in total. The highest BCUT2D eigenvalue weighted by Crippen LogP contribution is 2.21. The molecule has 1 aromatic rings. The van der Waals surface area contributed by atoms with Gasteiger partial charge in [-0.2, -0.15) is 0 Å². The minimum absolute atomic E-state index is 0.00845. The largest absolute Gasteiger partial charge is 0.382 e. The zero-order valence-electron chi connectivity index (χ0n) is 10.3. The lowest BCUT2D eigenvalue weighted by molar-refractivity contribution is 0.144. The Bertz CT molecular complexity index is 346. The summed E-state index contributed by atoms with van der Waals surface area (Å²) in [5.74, 6) is -0.169. The van der Waals surface area contributed by atoms with Gasteiger partial charge in [0, 0.05) is 29.3 Å². The van der Waals surface area contributed by atoms with Crippen LogP contribution >= 0.6 is 15.9 Å². The zero-order valence-corrected chi connectivity index (χ0v) is 11.9. The molecular formula is C13H19BrFNO. The van der Waals surface area contributed by atoms with Gasteiger partial charge in [0.25, 0.3) is 0 Å². The fraction of sp³-hybridized carbons (Fsp3) is 0.538. The molecule has 1 aromatic carbocycles. The van der Waals surface area contributed by atoms with Crippen molar-refractivity contribution in [1.82, 2.24) is 5.32 Å². The first-order chi connectivity index (χ1) is 8.15. The molecule has 0 fully saturated rings. The molecule has 0 saturated carbocycles. The lowest BCUT2D eigenvalue weighted by atomic mass is 10.1. The van der Waals surface area contributed by atoms with E-state index in [4.69, 9.17) is 4.74 Å². The Hall–Kier alpha value is -0.450. The lowest BCUT2D eigenvalue weighted by Gasteiger charge is -2.15. The maximum Gasteiger partial charge on any atom is 0.128 e. The average molecular weight is 304 g/mol. The molecule has 0 radical (unpaired) electrons. The minimum Gasteiger partial charge on any atom is -0.382 e. The van der Waals surface area contributed by atoms with Crippen LogP contribution in [0, 0.1) is 5.82 Å². The van der Waals surface area contributed by atoms with Crippen molar-refractivity contribution in [1.29, 1.82) is 0 Å². The Kier molecular flexibility index (Phi) is 6.70. The van der Waals surface area contributed by atoms with Crippen molar-refractivity contribution < 1.29 is 9.13 Å². The van der Waals surface area contributed by atoms with Gasteiger partial charge in [0.2, 0.25) is 0 Å². The second-order valence-corrected chi connectivity index (χ2v) is 4.81. The summed E-state index contributed by atoms with van der Waals surface area (Å²) in [4.78, 5) is 0. The molecule has 4 heteroatoms. The second kappa shape index (κ2) is 7.80. The van der Waals surface area contributed by atoms with Crippen LogP contribution in [-0.2, 0) is 4.74 Å². The normalized spacial score (nSPS) is 12.7. The highest BCUT2D eigenvalue weighted by molar-refractivity contribution is 9.10. The van der Waals surface area contributed by atoms with Gasteiger partial charge in [-0.05, 0) is 45.0 Å². The van der Waals surface area contributed by atoms with Crippen molar-refractivity contribution in [2.45, 2.75) is 26.3 Å². The highest BCUT2D eigenvalue weighted by Gasteiger charge is 2.10. The first-order valence-corrected chi connectivity index (χ1v) is 6.70. The van der Waals surface area contributed by atoms with Crippen LogP contribution in [0.5, 0.6) is 0 Å². The molecule has 1 rings (SSSR count). The molecule has 1 atom stereocenters. The monoisotopic (exact) mass is 303 g/mol. The van der Waals surface area contributed by atoms with Crippen LogP contribution in [0.4, 0.5) is 4.39 Å². The maximum absolute atomic E-state index is 13.6. The number of hydrogen-bond acceptors (Lipinski definition) is 2. The third-order valence-electron chi connectivity index (χ3n) is 2.54. The Labute approximate surface area is 111 Å². The Morgan fingerprint density at radius 3 is 2.94 bits per heavy atom. The van der Waals surface area contributed by atoms with Gasteiger partial charge in [-0.1, -0.05) is 15.9 Å². The van der Waals surface area contributed by atoms with Crippen molar-refractivity contribution in [2.24, 2.45) is 0 Å². The zero-order chi connectivity index (χ0) is 12.7. The summed E-state index contributed by atoms with van der Waals surface area (Å²) in [5.41, 5.74) is 0.691. The van der Waals surface area contributed by atoms with Crippen molar-refractivity contribution >= 4 is 15.9 Å². The van der Waals surface area contributed by atoms with Crippen LogP contribution in [0.3, 0.4) is 0 Å². The summed E-state index contributed by atoms with van der Waals surface area (Å²) >= 11 is 3.35. The second-order valence-electron chi connectivity index (χ2n) is 3.89. The third-order valence-corrected chi connectivity index (χ3v) is 3.04. The van der Waals surface area contributed by atoms with E-state index in [9.17, 15) is 4.39 Å².